The molecule has 0 amide bonds. The van der Waals surface area contributed by atoms with Crippen LogP contribution in [0.25, 0.3) is 0 Å². The molecule has 2 aromatic rings. The van der Waals surface area contributed by atoms with Crippen LogP contribution < -0.4 is 5.32 Å². The molecule has 0 bridgehead atoms. The van der Waals surface area contributed by atoms with Gasteiger partial charge < -0.3 is 5.32 Å². The first-order valence-corrected chi connectivity index (χ1v) is 7.80. The highest BCUT2D eigenvalue weighted by Gasteiger charge is 2.21. The topological polar surface area (TPSA) is 37.8 Å². The highest BCUT2D eigenvalue weighted by Crippen LogP contribution is 2.34. The molecule has 100 valence electrons. The van der Waals surface area contributed by atoms with E-state index in [2.05, 4.69) is 14.7 Å². The molecule has 0 spiro atoms. The summed E-state index contributed by atoms with van der Waals surface area (Å²) in [4.78, 5) is 4.94. The fourth-order valence-corrected chi connectivity index (χ4v) is 3.48. The Morgan fingerprint density at radius 2 is 2.32 bits per heavy atom. The number of hydrogen-bond donors (Lipinski definition) is 1. The van der Waals surface area contributed by atoms with E-state index >= 15 is 0 Å². The Morgan fingerprint density at radius 3 is 3.00 bits per heavy atom. The van der Waals surface area contributed by atoms with Gasteiger partial charge in [-0.2, -0.15) is 4.37 Å². The van der Waals surface area contributed by atoms with Crippen LogP contribution in [0.5, 0.6) is 0 Å². The van der Waals surface area contributed by atoms with Gasteiger partial charge in [0, 0.05) is 12.6 Å². The highest BCUT2D eigenvalue weighted by atomic mass is 32.2. The van der Waals surface area contributed by atoms with Crippen molar-refractivity contribution in [1.82, 2.24) is 14.7 Å². The van der Waals surface area contributed by atoms with Gasteiger partial charge in [-0.1, -0.05) is 23.9 Å². The number of benzene rings is 1. The van der Waals surface area contributed by atoms with E-state index in [4.69, 9.17) is 0 Å². The first-order valence-electron chi connectivity index (χ1n) is 6.21. The second kappa shape index (κ2) is 5.56. The third-order valence-corrected chi connectivity index (χ3v) is 4.91. The number of aromatic nitrogens is 2. The van der Waals surface area contributed by atoms with Crippen molar-refractivity contribution in [2.24, 2.45) is 0 Å². The van der Waals surface area contributed by atoms with Crippen molar-refractivity contribution < 1.29 is 4.39 Å². The van der Waals surface area contributed by atoms with Crippen LogP contribution in [0.4, 0.5) is 4.39 Å². The zero-order chi connectivity index (χ0) is 13.2. The maximum Gasteiger partial charge on any atom is 0.174 e. The Morgan fingerprint density at radius 1 is 1.47 bits per heavy atom. The summed E-state index contributed by atoms with van der Waals surface area (Å²) in [6.07, 6.45) is 2.46. The molecule has 1 saturated carbocycles. The normalized spacial score (nSPS) is 14.8. The van der Waals surface area contributed by atoms with Crippen LogP contribution in [-0.2, 0) is 6.54 Å². The Kier molecular flexibility index (Phi) is 3.81. The second-order valence-corrected chi connectivity index (χ2v) is 6.60. The summed E-state index contributed by atoms with van der Waals surface area (Å²) in [7, 11) is 0. The highest BCUT2D eigenvalue weighted by molar-refractivity contribution is 8.01. The van der Waals surface area contributed by atoms with Gasteiger partial charge in [-0.25, -0.2) is 9.37 Å². The first-order chi connectivity index (χ1) is 9.22. The SMILES string of the molecule is Cc1nsc(Sc2c(F)cccc2CNC2CC2)n1. The minimum Gasteiger partial charge on any atom is -0.310 e. The van der Waals surface area contributed by atoms with Crippen LogP contribution in [0.15, 0.2) is 27.4 Å². The summed E-state index contributed by atoms with van der Waals surface area (Å²) in [5.74, 6) is 0.550. The summed E-state index contributed by atoms with van der Waals surface area (Å²) >= 11 is 2.68. The molecule has 0 radical (unpaired) electrons. The molecule has 6 heteroatoms. The largest absolute Gasteiger partial charge is 0.310 e. The molecule has 0 saturated heterocycles. The molecule has 1 fully saturated rings. The van der Waals surface area contributed by atoms with Gasteiger partial charge in [-0.15, -0.1) is 0 Å². The Hall–Kier alpha value is -0.980. The van der Waals surface area contributed by atoms with Gasteiger partial charge in [0.25, 0.3) is 0 Å². The molecule has 19 heavy (non-hydrogen) atoms. The summed E-state index contributed by atoms with van der Waals surface area (Å²) in [5, 5.41) is 3.42. The van der Waals surface area contributed by atoms with E-state index in [0.29, 0.717) is 17.5 Å². The van der Waals surface area contributed by atoms with E-state index in [1.165, 1.54) is 42.2 Å². The number of aryl methyl sites for hydroxylation is 1. The third kappa shape index (κ3) is 3.32. The average Bonchev–Trinajstić information content (AvgIpc) is 3.13. The standard InChI is InChI=1S/C13H14FN3S2/c1-8-16-13(19-17-8)18-12-9(3-2-4-11(12)14)7-15-10-5-6-10/h2-4,10,15H,5-7H2,1H3. The van der Waals surface area contributed by atoms with Crippen molar-refractivity contribution in [3.8, 4) is 0 Å². The van der Waals surface area contributed by atoms with E-state index in [1.54, 1.807) is 6.07 Å². The van der Waals surface area contributed by atoms with Gasteiger partial charge in [-0.05, 0) is 42.9 Å². The Labute approximate surface area is 119 Å². The van der Waals surface area contributed by atoms with Crippen LogP contribution in [-0.4, -0.2) is 15.4 Å². The second-order valence-electron chi connectivity index (χ2n) is 4.59. The lowest BCUT2D eigenvalue weighted by Gasteiger charge is -2.09. The lowest BCUT2D eigenvalue weighted by atomic mass is 10.2. The molecule has 1 N–H and O–H groups in total. The molecule has 1 aromatic heterocycles. The summed E-state index contributed by atoms with van der Waals surface area (Å²) in [6.45, 7) is 2.56. The lowest BCUT2D eigenvalue weighted by Crippen LogP contribution is -2.16. The van der Waals surface area contributed by atoms with Crippen molar-refractivity contribution in [3.05, 3.63) is 35.4 Å². The van der Waals surface area contributed by atoms with Crippen molar-refractivity contribution in [2.45, 2.75) is 41.6 Å². The number of nitrogens with zero attached hydrogens (tertiary/aromatic N) is 2. The maximum absolute atomic E-state index is 14.0. The molecule has 0 unspecified atom stereocenters. The van der Waals surface area contributed by atoms with Crippen LogP contribution in [0.1, 0.15) is 24.2 Å². The van der Waals surface area contributed by atoms with Gasteiger partial charge >= 0.3 is 0 Å². The number of nitrogens with one attached hydrogen (secondary N) is 1. The first kappa shape index (κ1) is 13.0. The molecule has 1 aliphatic rings. The van der Waals surface area contributed by atoms with Crippen LogP contribution in [0.2, 0.25) is 0 Å². The van der Waals surface area contributed by atoms with E-state index in [9.17, 15) is 4.39 Å². The maximum atomic E-state index is 14.0. The minimum absolute atomic E-state index is 0.187. The van der Waals surface area contributed by atoms with Crippen LogP contribution >= 0.6 is 23.3 Å². The zero-order valence-electron chi connectivity index (χ0n) is 10.5. The third-order valence-electron chi connectivity index (χ3n) is 2.91. The predicted molar refractivity (Wildman–Crippen MR) is 75.0 cm³/mol. The molecule has 3 rings (SSSR count). The Bertz CT molecular complexity index is 581. The molecule has 0 atom stereocenters. The fourth-order valence-electron chi connectivity index (χ4n) is 1.76. The van der Waals surface area contributed by atoms with Crippen LogP contribution in [0, 0.1) is 12.7 Å². The number of halogens is 1. The van der Waals surface area contributed by atoms with Gasteiger partial charge in [0.05, 0.1) is 4.90 Å². The number of rotatable bonds is 5. The quantitative estimate of drug-likeness (QED) is 0.917. The monoisotopic (exact) mass is 295 g/mol. The molecule has 1 aromatic carbocycles. The van der Waals surface area contributed by atoms with E-state index in [0.717, 1.165) is 15.7 Å². The Balaban J connectivity index is 1.80. The minimum atomic E-state index is -0.187. The fraction of sp³-hybridized carbons (Fsp3) is 0.385. The summed E-state index contributed by atoms with van der Waals surface area (Å²) in [6, 6.07) is 5.84. The molecular weight excluding hydrogens is 281 g/mol. The van der Waals surface area contributed by atoms with E-state index in [-0.39, 0.29) is 5.82 Å². The predicted octanol–water partition coefficient (Wildman–Crippen LogP) is 3.39. The molecule has 0 aliphatic heterocycles. The van der Waals surface area contributed by atoms with E-state index < -0.39 is 0 Å². The van der Waals surface area contributed by atoms with Gasteiger partial charge in [0.1, 0.15) is 11.6 Å². The van der Waals surface area contributed by atoms with Gasteiger partial charge in [0.15, 0.2) is 4.34 Å². The van der Waals surface area contributed by atoms with E-state index in [1.807, 2.05) is 13.0 Å². The summed E-state index contributed by atoms with van der Waals surface area (Å²) < 4.78 is 18.9. The van der Waals surface area contributed by atoms with Crippen LogP contribution in [0.3, 0.4) is 0 Å². The zero-order valence-corrected chi connectivity index (χ0v) is 12.2. The average molecular weight is 295 g/mol. The van der Waals surface area contributed by atoms with Crippen molar-refractivity contribution in [2.75, 3.05) is 0 Å². The number of hydrogen-bond acceptors (Lipinski definition) is 5. The van der Waals surface area contributed by atoms with Crippen molar-refractivity contribution in [3.63, 3.8) is 0 Å². The summed E-state index contributed by atoms with van der Waals surface area (Å²) in [5.41, 5.74) is 0.991. The van der Waals surface area contributed by atoms with Crippen molar-refractivity contribution >= 4 is 23.3 Å². The van der Waals surface area contributed by atoms with Gasteiger partial charge in [0.2, 0.25) is 0 Å². The molecule has 3 nitrogen and oxygen atoms in total. The molecule has 1 heterocycles. The lowest BCUT2D eigenvalue weighted by molar-refractivity contribution is 0.589. The smallest absolute Gasteiger partial charge is 0.174 e. The molecule has 1 aliphatic carbocycles. The van der Waals surface area contributed by atoms with Gasteiger partial charge in [-0.3, -0.25) is 0 Å². The van der Waals surface area contributed by atoms with Crippen molar-refractivity contribution in [1.29, 1.82) is 0 Å². The molecular formula is C13H14FN3S2.